The molecule has 34 heavy (non-hydrogen) atoms. The first-order valence-corrected chi connectivity index (χ1v) is 11.3. The number of ether oxygens (including phenoxy) is 5. The first-order chi connectivity index (χ1) is 16.7. The molecular formula is C27H25FO6. The van der Waals surface area contributed by atoms with Crippen LogP contribution in [0.25, 0.3) is 0 Å². The van der Waals surface area contributed by atoms with Gasteiger partial charge >= 0.3 is 5.97 Å². The summed E-state index contributed by atoms with van der Waals surface area (Å²) in [6.07, 6.45) is 1.56. The van der Waals surface area contributed by atoms with Crippen LogP contribution in [0.5, 0.6) is 11.5 Å². The molecule has 3 aromatic rings. The lowest BCUT2D eigenvalue weighted by Gasteiger charge is -2.28. The van der Waals surface area contributed by atoms with Gasteiger partial charge in [-0.1, -0.05) is 30.3 Å². The fourth-order valence-electron chi connectivity index (χ4n) is 4.04. The number of carbonyl (C=O) groups is 1. The number of carbonyl (C=O) groups excluding carboxylic acids is 1. The van der Waals surface area contributed by atoms with Crippen molar-refractivity contribution in [1.82, 2.24) is 0 Å². The summed E-state index contributed by atoms with van der Waals surface area (Å²) in [6.45, 7) is 1.33. The Bertz CT molecular complexity index is 1130. The largest absolute Gasteiger partial charge is 0.491 e. The SMILES string of the molecule is O=C(OCc1cc(F)cc2c1O[C@@H](c1ccccc1)OC2)c1ccc(OC[C@@H]2CCCO2)cc1. The van der Waals surface area contributed by atoms with E-state index in [0.29, 0.717) is 34.8 Å². The highest BCUT2D eigenvalue weighted by molar-refractivity contribution is 5.89. The maximum absolute atomic E-state index is 14.2. The van der Waals surface area contributed by atoms with Crippen LogP contribution in [0.3, 0.4) is 0 Å². The van der Waals surface area contributed by atoms with Gasteiger partial charge in [-0.25, -0.2) is 9.18 Å². The highest BCUT2D eigenvalue weighted by atomic mass is 19.1. The van der Waals surface area contributed by atoms with Crippen molar-refractivity contribution in [2.24, 2.45) is 0 Å². The molecule has 0 saturated carbocycles. The number of halogens is 1. The molecule has 0 N–H and O–H groups in total. The lowest BCUT2D eigenvalue weighted by atomic mass is 10.1. The van der Waals surface area contributed by atoms with E-state index in [9.17, 15) is 9.18 Å². The second kappa shape index (κ2) is 10.2. The van der Waals surface area contributed by atoms with E-state index in [0.717, 1.165) is 25.0 Å². The molecule has 0 amide bonds. The van der Waals surface area contributed by atoms with Gasteiger partial charge in [-0.2, -0.15) is 0 Å². The molecule has 176 valence electrons. The van der Waals surface area contributed by atoms with E-state index in [1.807, 2.05) is 30.3 Å². The van der Waals surface area contributed by atoms with E-state index in [2.05, 4.69) is 0 Å². The summed E-state index contributed by atoms with van der Waals surface area (Å²) in [5, 5.41) is 0. The van der Waals surface area contributed by atoms with Crippen molar-refractivity contribution in [2.75, 3.05) is 13.2 Å². The molecule has 0 radical (unpaired) electrons. The van der Waals surface area contributed by atoms with E-state index < -0.39 is 18.1 Å². The summed E-state index contributed by atoms with van der Waals surface area (Å²) in [6, 6.07) is 18.9. The molecule has 3 aromatic carbocycles. The summed E-state index contributed by atoms with van der Waals surface area (Å²) in [4.78, 5) is 12.6. The Morgan fingerprint density at radius 2 is 1.85 bits per heavy atom. The van der Waals surface area contributed by atoms with Crippen molar-refractivity contribution >= 4 is 5.97 Å². The van der Waals surface area contributed by atoms with Crippen LogP contribution in [-0.2, 0) is 27.4 Å². The lowest BCUT2D eigenvalue weighted by molar-refractivity contribution is -0.112. The van der Waals surface area contributed by atoms with Gasteiger partial charge in [0, 0.05) is 23.3 Å². The number of benzene rings is 3. The number of hydrogen-bond acceptors (Lipinski definition) is 6. The third-order valence-electron chi connectivity index (χ3n) is 5.80. The molecule has 0 aromatic heterocycles. The highest BCUT2D eigenvalue weighted by Crippen LogP contribution is 2.37. The van der Waals surface area contributed by atoms with E-state index in [4.69, 9.17) is 23.7 Å². The predicted octanol–water partition coefficient (Wildman–Crippen LogP) is 5.35. The Balaban J connectivity index is 1.22. The highest BCUT2D eigenvalue weighted by Gasteiger charge is 2.26. The second-order valence-electron chi connectivity index (χ2n) is 8.27. The molecule has 1 fully saturated rings. The van der Waals surface area contributed by atoms with Crippen LogP contribution < -0.4 is 9.47 Å². The molecule has 1 saturated heterocycles. The molecule has 6 nitrogen and oxygen atoms in total. The molecule has 5 rings (SSSR count). The Morgan fingerprint density at radius 1 is 1.03 bits per heavy atom. The molecule has 0 aliphatic carbocycles. The van der Waals surface area contributed by atoms with Crippen molar-refractivity contribution in [1.29, 1.82) is 0 Å². The maximum Gasteiger partial charge on any atom is 0.338 e. The molecule has 0 spiro atoms. The molecule has 0 bridgehead atoms. The van der Waals surface area contributed by atoms with Crippen molar-refractivity contribution in [3.8, 4) is 11.5 Å². The molecule has 2 atom stereocenters. The monoisotopic (exact) mass is 464 g/mol. The van der Waals surface area contributed by atoms with Crippen molar-refractivity contribution in [3.05, 3.63) is 94.8 Å². The van der Waals surface area contributed by atoms with E-state index in [1.165, 1.54) is 12.1 Å². The Hall–Kier alpha value is -3.42. The van der Waals surface area contributed by atoms with Crippen LogP contribution in [0, 0.1) is 5.82 Å². The topological polar surface area (TPSA) is 63.2 Å². The average Bonchev–Trinajstić information content (AvgIpc) is 3.40. The number of hydrogen-bond donors (Lipinski definition) is 0. The minimum Gasteiger partial charge on any atom is -0.491 e. The van der Waals surface area contributed by atoms with Crippen LogP contribution in [0.4, 0.5) is 4.39 Å². The maximum atomic E-state index is 14.2. The van der Waals surface area contributed by atoms with Gasteiger partial charge in [-0.3, -0.25) is 0 Å². The number of fused-ring (bicyclic) bond motifs is 1. The molecule has 2 aliphatic heterocycles. The minimum absolute atomic E-state index is 0.121. The second-order valence-corrected chi connectivity index (χ2v) is 8.27. The Labute approximate surface area is 197 Å². The van der Waals surface area contributed by atoms with Gasteiger partial charge in [-0.05, 0) is 49.2 Å². The van der Waals surface area contributed by atoms with Gasteiger partial charge in [0.2, 0.25) is 6.29 Å². The fourth-order valence-corrected chi connectivity index (χ4v) is 4.04. The van der Waals surface area contributed by atoms with E-state index >= 15 is 0 Å². The van der Waals surface area contributed by atoms with Crippen molar-refractivity contribution in [2.45, 2.75) is 38.4 Å². The molecule has 2 aliphatic rings. The van der Waals surface area contributed by atoms with Crippen LogP contribution in [0.2, 0.25) is 0 Å². The molecule has 7 heteroatoms. The summed E-state index contributed by atoms with van der Waals surface area (Å²) in [5.41, 5.74) is 2.25. The summed E-state index contributed by atoms with van der Waals surface area (Å²) in [7, 11) is 0. The molecule has 0 unspecified atom stereocenters. The van der Waals surface area contributed by atoms with Crippen LogP contribution in [0.1, 0.15) is 46.2 Å². The van der Waals surface area contributed by atoms with E-state index in [1.54, 1.807) is 24.3 Å². The molecule has 2 heterocycles. The van der Waals surface area contributed by atoms with Crippen LogP contribution >= 0.6 is 0 Å². The third kappa shape index (κ3) is 5.21. The Morgan fingerprint density at radius 3 is 2.62 bits per heavy atom. The zero-order chi connectivity index (χ0) is 23.3. The van der Waals surface area contributed by atoms with Gasteiger partial charge in [0.05, 0.1) is 18.3 Å². The van der Waals surface area contributed by atoms with Crippen molar-refractivity contribution in [3.63, 3.8) is 0 Å². The fraction of sp³-hybridized carbons (Fsp3) is 0.296. The standard InChI is InChI=1S/C27H25FO6/c28-22-13-20(25-21(14-22)16-33-27(34-25)19-5-2-1-3-6-19)15-32-26(29)18-8-10-23(11-9-18)31-17-24-7-4-12-30-24/h1-3,5-6,8-11,13-14,24,27H,4,7,12,15-17H2/t24-,27-/m0/s1. The number of esters is 1. The zero-order valence-electron chi connectivity index (χ0n) is 18.6. The normalized spacial score (nSPS) is 19.2. The van der Waals surface area contributed by atoms with Gasteiger partial charge in [-0.15, -0.1) is 0 Å². The minimum atomic E-state index is -0.615. The van der Waals surface area contributed by atoms with Crippen LogP contribution in [-0.4, -0.2) is 25.3 Å². The lowest BCUT2D eigenvalue weighted by Crippen LogP contribution is -2.20. The summed E-state index contributed by atoms with van der Waals surface area (Å²) in [5.74, 6) is 0.178. The first-order valence-electron chi connectivity index (χ1n) is 11.3. The van der Waals surface area contributed by atoms with Crippen LogP contribution in [0.15, 0.2) is 66.7 Å². The predicted molar refractivity (Wildman–Crippen MR) is 121 cm³/mol. The van der Waals surface area contributed by atoms with Gasteiger partial charge in [0.25, 0.3) is 0 Å². The Kier molecular flexibility index (Phi) is 6.74. The van der Waals surface area contributed by atoms with Gasteiger partial charge in [0.15, 0.2) is 0 Å². The zero-order valence-corrected chi connectivity index (χ0v) is 18.6. The van der Waals surface area contributed by atoms with Crippen molar-refractivity contribution < 1.29 is 32.9 Å². The molecular weight excluding hydrogens is 439 g/mol. The van der Waals surface area contributed by atoms with Gasteiger partial charge < -0.3 is 23.7 Å². The number of rotatable bonds is 7. The smallest absolute Gasteiger partial charge is 0.338 e. The first kappa shape index (κ1) is 22.4. The third-order valence-corrected chi connectivity index (χ3v) is 5.80. The average molecular weight is 464 g/mol. The van der Waals surface area contributed by atoms with Gasteiger partial charge in [0.1, 0.15) is 30.5 Å². The summed E-state index contributed by atoms with van der Waals surface area (Å²) >= 11 is 0. The summed E-state index contributed by atoms with van der Waals surface area (Å²) < 4.78 is 42.7. The quantitative estimate of drug-likeness (QED) is 0.440. The van der Waals surface area contributed by atoms with E-state index in [-0.39, 0.29) is 19.3 Å².